The highest BCUT2D eigenvalue weighted by atomic mass is 79.9. The van der Waals surface area contributed by atoms with Crippen molar-refractivity contribution in [2.45, 2.75) is 26.8 Å². The van der Waals surface area contributed by atoms with E-state index in [9.17, 15) is 9.59 Å². The molecule has 1 aliphatic heterocycles. The van der Waals surface area contributed by atoms with Gasteiger partial charge in [0.1, 0.15) is 0 Å². The van der Waals surface area contributed by atoms with Crippen LogP contribution in [0.1, 0.15) is 29.7 Å². The molecule has 3 N–H and O–H groups in total. The predicted molar refractivity (Wildman–Crippen MR) is 106 cm³/mol. The largest absolute Gasteiger partial charge is 0.327 e. The highest BCUT2D eigenvalue weighted by Gasteiger charge is 2.31. The van der Waals surface area contributed by atoms with E-state index in [1.165, 1.54) is 0 Å². The Balaban J connectivity index is 1.95. The lowest BCUT2D eigenvalue weighted by atomic mass is 9.95. The summed E-state index contributed by atoms with van der Waals surface area (Å²) in [6.45, 7) is 5.76. The van der Waals surface area contributed by atoms with Gasteiger partial charge in [-0.3, -0.25) is 4.79 Å². The third-order valence-corrected chi connectivity index (χ3v) is 4.95. The van der Waals surface area contributed by atoms with Crippen LogP contribution in [0.2, 0.25) is 0 Å². The minimum atomic E-state index is -0.521. The quantitative estimate of drug-likeness (QED) is 0.700. The molecule has 5 nitrogen and oxygen atoms in total. The van der Waals surface area contributed by atoms with E-state index in [1.807, 2.05) is 56.3 Å². The van der Waals surface area contributed by atoms with Crippen LogP contribution in [-0.4, -0.2) is 11.9 Å². The highest BCUT2D eigenvalue weighted by Crippen LogP contribution is 2.29. The molecule has 1 atom stereocenters. The lowest BCUT2D eigenvalue weighted by molar-refractivity contribution is -0.113. The highest BCUT2D eigenvalue weighted by molar-refractivity contribution is 9.10. The van der Waals surface area contributed by atoms with Crippen molar-refractivity contribution in [3.05, 3.63) is 74.9 Å². The molecule has 0 saturated heterocycles. The molecule has 26 heavy (non-hydrogen) atoms. The van der Waals surface area contributed by atoms with Gasteiger partial charge < -0.3 is 16.0 Å². The summed E-state index contributed by atoms with van der Waals surface area (Å²) in [4.78, 5) is 24.9. The second-order valence-corrected chi connectivity index (χ2v) is 7.29. The monoisotopic (exact) mass is 413 g/mol. The van der Waals surface area contributed by atoms with Gasteiger partial charge in [-0.25, -0.2) is 4.79 Å². The second-order valence-electron chi connectivity index (χ2n) is 6.38. The lowest BCUT2D eigenvalue weighted by Crippen LogP contribution is -2.45. The number of urea groups is 1. The third-order valence-electron chi connectivity index (χ3n) is 4.46. The van der Waals surface area contributed by atoms with E-state index >= 15 is 0 Å². The average Bonchev–Trinajstić information content (AvgIpc) is 2.57. The van der Waals surface area contributed by atoms with Crippen LogP contribution in [0.4, 0.5) is 10.5 Å². The van der Waals surface area contributed by atoms with Crippen molar-refractivity contribution in [3.8, 4) is 0 Å². The van der Waals surface area contributed by atoms with E-state index in [-0.39, 0.29) is 11.9 Å². The molecule has 0 saturated carbocycles. The number of hydrogen-bond donors (Lipinski definition) is 3. The number of allylic oxidation sites excluding steroid dienone is 1. The predicted octanol–water partition coefficient (Wildman–Crippen LogP) is 4.33. The van der Waals surface area contributed by atoms with Gasteiger partial charge in [0.15, 0.2) is 0 Å². The van der Waals surface area contributed by atoms with E-state index in [4.69, 9.17) is 0 Å². The van der Waals surface area contributed by atoms with Crippen molar-refractivity contribution in [2.24, 2.45) is 0 Å². The van der Waals surface area contributed by atoms with Gasteiger partial charge in [-0.15, -0.1) is 0 Å². The number of aryl methyl sites for hydroxylation is 2. The molecule has 0 bridgehead atoms. The number of hydrogen-bond acceptors (Lipinski definition) is 2. The van der Waals surface area contributed by atoms with Gasteiger partial charge in [0.25, 0.3) is 5.91 Å². The van der Waals surface area contributed by atoms with Gasteiger partial charge in [0.2, 0.25) is 0 Å². The number of halogens is 1. The maximum Gasteiger partial charge on any atom is 0.319 e. The van der Waals surface area contributed by atoms with E-state index in [0.29, 0.717) is 11.3 Å². The number of carbonyl (C=O) groups excluding carboxylic acids is 2. The molecule has 2 aromatic carbocycles. The molecule has 0 radical (unpaired) electrons. The van der Waals surface area contributed by atoms with Crippen LogP contribution in [0.15, 0.2) is 58.2 Å². The first-order chi connectivity index (χ1) is 12.3. The molecule has 1 aliphatic rings. The Bertz CT molecular complexity index is 921. The van der Waals surface area contributed by atoms with Gasteiger partial charge >= 0.3 is 6.03 Å². The number of rotatable bonds is 3. The Morgan fingerprint density at radius 3 is 2.54 bits per heavy atom. The first-order valence-electron chi connectivity index (χ1n) is 8.27. The summed E-state index contributed by atoms with van der Waals surface area (Å²) in [6, 6.07) is 12.5. The Labute approximate surface area is 161 Å². The first-order valence-corrected chi connectivity index (χ1v) is 9.07. The summed E-state index contributed by atoms with van der Waals surface area (Å²) in [6.07, 6.45) is 0. The third kappa shape index (κ3) is 3.80. The summed E-state index contributed by atoms with van der Waals surface area (Å²) >= 11 is 3.44. The van der Waals surface area contributed by atoms with Gasteiger partial charge in [-0.05, 0) is 61.7 Å². The van der Waals surface area contributed by atoms with E-state index in [2.05, 4.69) is 31.9 Å². The minimum absolute atomic E-state index is 0.247. The first kappa shape index (κ1) is 18.2. The van der Waals surface area contributed by atoms with Crippen molar-refractivity contribution in [2.75, 3.05) is 5.32 Å². The Kier molecular flexibility index (Phi) is 5.13. The molecule has 0 fully saturated rings. The topological polar surface area (TPSA) is 70.2 Å². The molecule has 0 unspecified atom stereocenters. The molecule has 0 spiro atoms. The summed E-state index contributed by atoms with van der Waals surface area (Å²) in [7, 11) is 0. The minimum Gasteiger partial charge on any atom is -0.327 e. The maximum atomic E-state index is 13.0. The van der Waals surface area contributed by atoms with Crippen molar-refractivity contribution in [1.82, 2.24) is 10.6 Å². The summed E-state index contributed by atoms with van der Waals surface area (Å²) in [5, 5.41) is 8.47. The van der Waals surface area contributed by atoms with E-state index < -0.39 is 6.04 Å². The fourth-order valence-electron chi connectivity index (χ4n) is 2.95. The zero-order chi connectivity index (χ0) is 18.8. The Morgan fingerprint density at radius 2 is 1.85 bits per heavy atom. The fraction of sp³-hybridized carbons (Fsp3) is 0.200. The molecule has 0 aromatic heterocycles. The van der Waals surface area contributed by atoms with Crippen LogP contribution >= 0.6 is 15.9 Å². The summed E-state index contributed by atoms with van der Waals surface area (Å²) < 4.78 is 0.884. The molecule has 0 aliphatic carbocycles. The van der Waals surface area contributed by atoms with Gasteiger partial charge in [-0.2, -0.15) is 0 Å². The summed E-state index contributed by atoms with van der Waals surface area (Å²) in [5.74, 6) is -0.247. The fourth-order valence-corrected chi connectivity index (χ4v) is 3.37. The van der Waals surface area contributed by atoms with Crippen molar-refractivity contribution >= 4 is 33.6 Å². The van der Waals surface area contributed by atoms with E-state index in [1.54, 1.807) is 6.92 Å². The number of benzene rings is 2. The van der Waals surface area contributed by atoms with E-state index in [0.717, 1.165) is 26.9 Å². The zero-order valence-corrected chi connectivity index (χ0v) is 16.4. The molecule has 2 aromatic rings. The molecule has 6 heteroatoms. The smallest absolute Gasteiger partial charge is 0.319 e. The normalized spacial score (nSPS) is 16.8. The van der Waals surface area contributed by atoms with Crippen LogP contribution < -0.4 is 16.0 Å². The molecular formula is C20H20BrN3O2. The van der Waals surface area contributed by atoms with Crippen LogP contribution in [-0.2, 0) is 4.79 Å². The number of nitrogens with one attached hydrogen (secondary N) is 3. The zero-order valence-electron chi connectivity index (χ0n) is 14.8. The lowest BCUT2D eigenvalue weighted by Gasteiger charge is -2.28. The molecular weight excluding hydrogens is 394 g/mol. The Hall–Kier alpha value is -2.60. The molecule has 3 rings (SSSR count). The van der Waals surface area contributed by atoms with Gasteiger partial charge in [0, 0.05) is 15.9 Å². The van der Waals surface area contributed by atoms with Crippen molar-refractivity contribution in [3.63, 3.8) is 0 Å². The van der Waals surface area contributed by atoms with Crippen molar-refractivity contribution < 1.29 is 9.59 Å². The number of anilines is 1. The van der Waals surface area contributed by atoms with Crippen LogP contribution in [0.5, 0.6) is 0 Å². The van der Waals surface area contributed by atoms with Crippen molar-refractivity contribution in [1.29, 1.82) is 0 Å². The molecule has 1 heterocycles. The maximum absolute atomic E-state index is 13.0. The summed E-state index contributed by atoms with van der Waals surface area (Å²) in [5.41, 5.74) is 4.85. The average molecular weight is 414 g/mol. The Morgan fingerprint density at radius 1 is 1.08 bits per heavy atom. The molecule has 3 amide bonds. The van der Waals surface area contributed by atoms with Gasteiger partial charge in [-0.1, -0.05) is 34.1 Å². The number of carbonyl (C=O) groups is 2. The van der Waals surface area contributed by atoms with Gasteiger partial charge in [0.05, 0.1) is 11.6 Å². The molecule has 134 valence electrons. The van der Waals surface area contributed by atoms with Crippen LogP contribution in [0.3, 0.4) is 0 Å². The van der Waals surface area contributed by atoms with Crippen LogP contribution in [0.25, 0.3) is 0 Å². The SMILES string of the molecule is CC1=C(C(=O)Nc2ccc(C)c(C)c2)[C@@H](c2cccc(Br)c2)NC(=O)N1. The number of amides is 3. The second kappa shape index (κ2) is 7.33. The van der Waals surface area contributed by atoms with Crippen LogP contribution in [0, 0.1) is 13.8 Å². The standard InChI is InChI=1S/C20H20BrN3O2/c1-11-7-8-16(9-12(11)2)23-19(25)17-13(3)22-20(26)24-18(17)14-5-4-6-15(21)10-14/h4-10,18H,1-3H3,(H,23,25)(H2,22,24,26)/t18-/m1/s1.